The van der Waals surface area contributed by atoms with Gasteiger partial charge in [-0.15, -0.1) is 0 Å². The van der Waals surface area contributed by atoms with E-state index in [1.165, 1.54) is 0 Å². The first-order valence-electron chi connectivity index (χ1n) is 10.3. The van der Waals surface area contributed by atoms with Gasteiger partial charge < -0.3 is 9.47 Å². The minimum atomic E-state index is -0.500. The number of hydrogen-bond acceptors (Lipinski definition) is 2. The summed E-state index contributed by atoms with van der Waals surface area (Å²) < 4.78 is 39.2. The molecule has 0 bridgehead atoms. The zero-order chi connectivity index (χ0) is 19.5. The molecule has 0 spiro atoms. The molecular weight excluding hydrogens is 358 g/mol. The second-order valence-corrected chi connectivity index (χ2v) is 8.32. The van der Waals surface area contributed by atoms with E-state index in [-0.39, 0.29) is 12.1 Å². The van der Waals surface area contributed by atoms with Crippen LogP contribution < -0.4 is 0 Å². The molecule has 1 heterocycles. The molecule has 0 amide bonds. The van der Waals surface area contributed by atoms with E-state index in [4.69, 9.17) is 9.47 Å². The highest BCUT2D eigenvalue weighted by atomic mass is 19.1. The molecule has 0 unspecified atom stereocenters. The van der Waals surface area contributed by atoms with Crippen LogP contribution in [0.1, 0.15) is 49.7 Å². The summed E-state index contributed by atoms with van der Waals surface area (Å²) >= 11 is 0. The lowest BCUT2D eigenvalue weighted by molar-refractivity contribution is -0.226. The van der Waals surface area contributed by atoms with Crippen LogP contribution in [0.2, 0.25) is 0 Å². The predicted molar refractivity (Wildman–Crippen MR) is 106 cm³/mol. The monoisotopic (exact) mass is 386 g/mol. The van der Waals surface area contributed by atoms with Gasteiger partial charge in [0.2, 0.25) is 0 Å². The molecule has 0 atom stereocenters. The Hall–Kier alpha value is -1.78. The molecule has 0 radical (unpaired) electrons. The third-order valence-electron chi connectivity index (χ3n) is 6.13. The summed E-state index contributed by atoms with van der Waals surface area (Å²) in [6.07, 6.45) is 4.11. The molecule has 2 aliphatic rings. The zero-order valence-electron chi connectivity index (χ0n) is 16.4. The molecule has 1 aliphatic heterocycles. The Kier molecular flexibility index (Phi) is 6.07. The molecule has 2 aromatic rings. The Balaban J connectivity index is 1.39. The first-order valence-corrected chi connectivity index (χ1v) is 10.3. The van der Waals surface area contributed by atoms with Crippen molar-refractivity contribution in [2.45, 2.75) is 51.5 Å². The van der Waals surface area contributed by atoms with E-state index in [0.29, 0.717) is 28.9 Å². The van der Waals surface area contributed by atoms with Gasteiger partial charge in [-0.1, -0.05) is 43.3 Å². The van der Waals surface area contributed by atoms with Gasteiger partial charge in [-0.2, -0.15) is 0 Å². The standard InChI is InChI=1S/C24H28F2O2/c1-16-14-27-24(28-15-16)20-8-6-18(7-9-20)21-10-11-22(23(26)12-21)19-4-2-17(13-25)3-5-19/h2-5,10-12,16,18,20,24H,6-9,13-15H2,1H3. The van der Waals surface area contributed by atoms with Crippen LogP contribution in [0.25, 0.3) is 11.1 Å². The lowest BCUT2D eigenvalue weighted by Crippen LogP contribution is -2.37. The topological polar surface area (TPSA) is 18.5 Å². The second kappa shape index (κ2) is 8.71. The molecule has 1 saturated carbocycles. The number of alkyl halides is 1. The minimum Gasteiger partial charge on any atom is -0.352 e. The van der Waals surface area contributed by atoms with Crippen molar-refractivity contribution in [3.63, 3.8) is 0 Å². The first-order chi connectivity index (χ1) is 13.6. The normalized spacial score (nSPS) is 28.2. The summed E-state index contributed by atoms with van der Waals surface area (Å²) in [4.78, 5) is 0. The quantitative estimate of drug-likeness (QED) is 0.619. The Morgan fingerprint density at radius 3 is 2.21 bits per heavy atom. The van der Waals surface area contributed by atoms with E-state index >= 15 is 0 Å². The van der Waals surface area contributed by atoms with Gasteiger partial charge in [0, 0.05) is 17.4 Å². The molecule has 2 fully saturated rings. The minimum absolute atomic E-state index is 0.0662. The predicted octanol–water partition coefficient (Wildman–Crippen LogP) is 6.25. The first kappa shape index (κ1) is 19.5. The Labute approximate surface area is 165 Å². The lowest BCUT2D eigenvalue weighted by Gasteiger charge is -2.37. The molecule has 4 heteroatoms. The molecule has 1 saturated heterocycles. The van der Waals surface area contributed by atoms with Gasteiger partial charge in [-0.3, -0.25) is 0 Å². The molecule has 0 aromatic heterocycles. The van der Waals surface area contributed by atoms with Crippen molar-refractivity contribution in [2.75, 3.05) is 13.2 Å². The maximum absolute atomic E-state index is 14.8. The van der Waals surface area contributed by atoms with Gasteiger partial charge in [-0.05, 0) is 54.4 Å². The highest BCUT2D eigenvalue weighted by Gasteiger charge is 2.32. The van der Waals surface area contributed by atoms with Crippen molar-refractivity contribution in [1.82, 2.24) is 0 Å². The smallest absolute Gasteiger partial charge is 0.160 e. The van der Waals surface area contributed by atoms with Crippen LogP contribution in [0, 0.1) is 17.7 Å². The molecule has 4 rings (SSSR count). The summed E-state index contributed by atoms with van der Waals surface area (Å²) in [6.45, 7) is 3.20. The van der Waals surface area contributed by atoms with Crippen molar-refractivity contribution in [3.8, 4) is 11.1 Å². The second-order valence-electron chi connectivity index (χ2n) is 8.32. The summed E-state index contributed by atoms with van der Waals surface area (Å²) in [5.74, 6) is 1.10. The zero-order valence-corrected chi connectivity index (χ0v) is 16.4. The fourth-order valence-corrected chi connectivity index (χ4v) is 4.40. The number of ether oxygens (including phenoxy) is 2. The van der Waals surface area contributed by atoms with Crippen LogP contribution in [0.5, 0.6) is 0 Å². The fourth-order valence-electron chi connectivity index (χ4n) is 4.40. The molecule has 2 nitrogen and oxygen atoms in total. The molecule has 28 heavy (non-hydrogen) atoms. The van der Waals surface area contributed by atoms with Crippen molar-refractivity contribution < 1.29 is 18.3 Å². The van der Waals surface area contributed by atoms with Crippen molar-refractivity contribution in [3.05, 3.63) is 59.4 Å². The van der Waals surface area contributed by atoms with Gasteiger partial charge >= 0.3 is 0 Å². The Morgan fingerprint density at radius 2 is 1.61 bits per heavy atom. The Bertz CT molecular complexity index is 774. The van der Waals surface area contributed by atoms with Gasteiger partial charge in [-0.25, -0.2) is 8.78 Å². The van der Waals surface area contributed by atoms with Crippen LogP contribution in [-0.2, 0) is 16.1 Å². The molecular formula is C24H28F2O2. The van der Waals surface area contributed by atoms with E-state index in [9.17, 15) is 8.78 Å². The average Bonchev–Trinajstić information content (AvgIpc) is 2.74. The van der Waals surface area contributed by atoms with Gasteiger partial charge in [0.15, 0.2) is 6.29 Å². The van der Waals surface area contributed by atoms with Crippen LogP contribution in [0.15, 0.2) is 42.5 Å². The Morgan fingerprint density at radius 1 is 0.929 bits per heavy atom. The molecule has 150 valence electrons. The number of rotatable bonds is 4. The third-order valence-corrected chi connectivity index (χ3v) is 6.13. The molecule has 0 N–H and O–H groups in total. The van der Waals surface area contributed by atoms with Crippen molar-refractivity contribution in [1.29, 1.82) is 0 Å². The van der Waals surface area contributed by atoms with Crippen LogP contribution in [0.4, 0.5) is 8.78 Å². The molecule has 1 aliphatic carbocycles. The van der Waals surface area contributed by atoms with E-state index in [0.717, 1.165) is 50.0 Å². The lowest BCUT2D eigenvalue weighted by atomic mass is 9.78. The highest BCUT2D eigenvalue weighted by molar-refractivity contribution is 5.65. The number of hydrogen-bond donors (Lipinski definition) is 0. The van der Waals surface area contributed by atoms with Gasteiger partial charge in [0.05, 0.1) is 13.2 Å². The largest absolute Gasteiger partial charge is 0.352 e. The summed E-state index contributed by atoms with van der Waals surface area (Å²) in [5, 5.41) is 0. The van der Waals surface area contributed by atoms with Crippen LogP contribution in [0.3, 0.4) is 0 Å². The maximum Gasteiger partial charge on any atom is 0.160 e. The molecule has 2 aromatic carbocycles. The van der Waals surface area contributed by atoms with Crippen molar-refractivity contribution in [2.24, 2.45) is 11.8 Å². The summed E-state index contributed by atoms with van der Waals surface area (Å²) in [7, 11) is 0. The highest BCUT2D eigenvalue weighted by Crippen LogP contribution is 2.39. The van der Waals surface area contributed by atoms with Gasteiger partial charge in [0.25, 0.3) is 0 Å². The summed E-state index contributed by atoms with van der Waals surface area (Å²) in [5.41, 5.74) is 3.03. The van der Waals surface area contributed by atoms with Crippen molar-refractivity contribution >= 4 is 0 Å². The fraction of sp³-hybridized carbons (Fsp3) is 0.500. The van der Waals surface area contributed by atoms with Crippen LogP contribution in [-0.4, -0.2) is 19.5 Å². The SMILES string of the molecule is CC1COC(C2CCC(c3ccc(-c4ccc(CF)cc4)c(F)c3)CC2)OC1. The van der Waals surface area contributed by atoms with E-state index in [2.05, 4.69) is 6.92 Å². The average molecular weight is 386 g/mol. The van der Waals surface area contributed by atoms with Crippen LogP contribution >= 0.6 is 0 Å². The maximum atomic E-state index is 14.8. The summed E-state index contributed by atoms with van der Waals surface area (Å²) in [6, 6.07) is 12.6. The third kappa shape index (κ3) is 4.28. The number of benzene rings is 2. The van der Waals surface area contributed by atoms with Gasteiger partial charge in [0.1, 0.15) is 12.5 Å². The number of halogens is 2. The van der Waals surface area contributed by atoms with E-state index in [1.54, 1.807) is 30.3 Å². The van der Waals surface area contributed by atoms with E-state index in [1.807, 2.05) is 12.1 Å². The van der Waals surface area contributed by atoms with E-state index < -0.39 is 6.67 Å².